The molecule has 0 radical (unpaired) electrons. The predicted molar refractivity (Wildman–Crippen MR) is 114 cm³/mol. The van der Waals surface area contributed by atoms with Crippen LogP contribution in [0, 0.1) is 0 Å². The lowest BCUT2D eigenvalue weighted by molar-refractivity contribution is -0.137. The first-order valence-corrected chi connectivity index (χ1v) is 10.2. The largest absolute Gasteiger partial charge is 0.416 e. The first kappa shape index (κ1) is 22.0. The highest BCUT2D eigenvalue weighted by Crippen LogP contribution is 2.31. The van der Waals surface area contributed by atoms with Crippen LogP contribution in [-0.2, 0) is 22.3 Å². The zero-order valence-corrected chi connectivity index (χ0v) is 17.4. The van der Waals surface area contributed by atoms with Gasteiger partial charge in [0.2, 0.25) is 5.91 Å². The Labute approximate surface area is 183 Å². The van der Waals surface area contributed by atoms with Crippen molar-refractivity contribution >= 4 is 11.6 Å². The summed E-state index contributed by atoms with van der Waals surface area (Å²) in [6.07, 6.45) is -2.73. The number of amides is 1. The van der Waals surface area contributed by atoms with Gasteiger partial charge in [-0.05, 0) is 35.4 Å². The van der Waals surface area contributed by atoms with E-state index in [4.69, 9.17) is 4.74 Å². The first-order chi connectivity index (χ1) is 15.3. The quantitative estimate of drug-likeness (QED) is 0.602. The summed E-state index contributed by atoms with van der Waals surface area (Å²) in [6.45, 7) is 3.92. The van der Waals surface area contributed by atoms with Crippen molar-refractivity contribution in [3.8, 4) is 11.3 Å². The topological polar surface area (TPSA) is 70.2 Å². The van der Waals surface area contributed by atoms with Gasteiger partial charge in [-0.3, -0.25) is 9.69 Å². The average molecular weight is 444 g/mol. The maximum Gasteiger partial charge on any atom is 0.416 e. The third-order valence-corrected chi connectivity index (χ3v) is 5.33. The first-order valence-electron chi connectivity index (χ1n) is 10.2. The molecule has 0 spiro atoms. The number of alkyl halides is 3. The molecule has 1 fully saturated rings. The summed E-state index contributed by atoms with van der Waals surface area (Å²) >= 11 is 0. The van der Waals surface area contributed by atoms with Crippen LogP contribution < -0.4 is 5.32 Å². The van der Waals surface area contributed by atoms with Gasteiger partial charge in [-0.25, -0.2) is 4.98 Å². The lowest BCUT2D eigenvalue weighted by Crippen LogP contribution is -2.39. The van der Waals surface area contributed by atoms with Crippen LogP contribution in [0.3, 0.4) is 0 Å². The number of hydrogen-bond acceptors (Lipinski definition) is 4. The number of anilines is 1. The summed E-state index contributed by atoms with van der Waals surface area (Å²) in [6, 6.07) is 12.6. The maximum absolute atomic E-state index is 12.8. The van der Waals surface area contributed by atoms with E-state index in [0.717, 1.165) is 23.4 Å². The molecular weight excluding hydrogens is 421 g/mol. The fraction of sp³-hybridized carbons (Fsp3) is 0.304. The Hall–Kier alpha value is -3.17. The molecule has 1 aliphatic rings. The number of nitrogens with one attached hydrogen (secondary N) is 2. The van der Waals surface area contributed by atoms with Gasteiger partial charge in [-0.15, -0.1) is 0 Å². The van der Waals surface area contributed by atoms with Crippen LogP contribution in [0.2, 0.25) is 0 Å². The van der Waals surface area contributed by atoms with E-state index in [2.05, 4.69) is 20.2 Å². The van der Waals surface area contributed by atoms with E-state index in [1.807, 2.05) is 24.3 Å². The Bertz CT molecular complexity index is 1060. The number of aromatic nitrogens is 2. The van der Waals surface area contributed by atoms with Crippen LogP contribution in [0.5, 0.6) is 0 Å². The van der Waals surface area contributed by atoms with Crippen molar-refractivity contribution in [2.45, 2.75) is 25.7 Å². The summed E-state index contributed by atoms with van der Waals surface area (Å²) in [5.41, 5.74) is 2.43. The van der Waals surface area contributed by atoms with Crippen molar-refractivity contribution in [3.63, 3.8) is 0 Å². The van der Waals surface area contributed by atoms with E-state index in [9.17, 15) is 18.0 Å². The van der Waals surface area contributed by atoms with Crippen LogP contribution in [0.15, 0.2) is 54.7 Å². The third-order valence-electron chi connectivity index (χ3n) is 5.33. The third kappa shape index (κ3) is 5.17. The molecule has 168 valence electrons. The number of benzene rings is 2. The molecule has 1 aromatic heterocycles. The van der Waals surface area contributed by atoms with Crippen molar-refractivity contribution in [3.05, 3.63) is 71.7 Å². The minimum Gasteiger partial charge on any atom is -0.378 e. The van der Waals surface area contributed by atoms with Gasteiger partial charge < -0.3 is 15.0 Å². The predicted octanol–water partition coefficient (Wildman–Crippen LogP) is 4.63. The van der Waals surface area contributed by atoms with Crippen molar-refractivity contribution in [2.24, 2.45) is 0 Å². The van der Waals surface area contributed by atoms with Crippen molar-refractivity contribution < 1.29 is 22.7 Å². The molecule has 2 heterocycles. The Balaban J connectivity index is 1.48. The molecule has 1 aliphatic heterocycles. The van der Waals surface area contributed by atoms with Crippen LogP contribution in [-0.4, -0.2) is 40.5 Å². The molecule has 2 N–H and O–H groups in total. The number of hydrogen-bond donors (Lipinski definition) is 2. The normalized spacial score (nSPS) is 17.3. The zero-order chi connectivity index (χ0) is 22.7. The number of aromatic amines is 1. The SMILES string of the molecule is CC(=O)Nc1ccc(CN2CCOCC2c2ncc(-c3ccc(C(F)(F)F)cc3)[nH]2)cc1. The summed E-state index contributed by atoms with van der Waals surface area (Å²) in [5, 5.41) is 2.75. The Morgan fingerprint density at radius 1 is 1.19 bits per heavy atom. The summed E-state index contributed by atoms with van der Waals surface area (Å²) in [7, 11) is 0. The highest BCUT2D eigenvalue weighted by molar-refractivity contribution is 5.88. The summed E-state index contributed by atoms with van der Waals surface area (Å²) in [5.74, 6) is 0.585. The van der Waals surface area contributed by atoms with Gasteiger partial charge >= 0.3 is 6.18 Å². The highest BCUT2D eigenvalue weighted by Gasteiger charge is 2.30. The molecule has 0 saturated carbocycles. The summed E-state index contributed by atoms with van der Waals surface area (Å²) in [4.78, 5) is 21.2. The van der Waals surface area contributed by atoms with Gasteiger partial charge in [-0.1, -0.05) is 24.3 Å². The van der Waals surface area contributed by atoms with E-state index in [-0.39, 0.29) is 11.9 Å². The molecule has 1 atom stereocenters. The van der Waals surface area contributed by atoms with E-state index in [0.29, 0.717) is 43.4 Å². The van der Waals surface area contributed by atoms with Gasteiger partial charge in [0.1, 0.15) is 5.82 Å². The number of H-pyrrole nitrogens is 1. The Morgan fingerprint density at radius 3 is 2.56 bits per heavy atom. The van der Waals surface area contributed by atoms with Crippen LogP contribution in [0.1, 0.15) is 29.9 Å². The molecule has 2 aromatic carbocycles. The van der Waals surface area contributed by atoms with Gasteiger partial charge in [0.15, 0.2) is 0 Å². The molecule has 1 saturated heterocycles. The Morgan fingerprint density at radius 2 is 1.91 bits per heavy atom. The molecule has 4 rings (SSSR count). The molecule has 3 aromatic rings. The minimum absolute atomic E-state index is 0.109. The van der Waals surface area contributed by atoms with Crippen molar-refractivity contribution in [1.29, 1.82) is 0 Å². The molecule has 0 bridgehead atoms. The molecule has 1 amide bonds. The zero-order valence-electron chi connectivity index (χ0n) is 17.4. The molecule has 32 heavy (non-hydrogen) atoms. The fourth-order valence-electron chi connectivity index (χ4n) is 3.70. The lowest BCUT2D eigenvalue weighted by Gasteiger charge is -2.34. The number of carbonyl (C=O) groups excluding carboxylic acids is 1. The highest BCUT2D eigenvalue weighted by atomic mass is 19.4. The molecule has 9 heteroatoms. The van der Waals surface area contributed by atoms with E-state index in [1.165, 1.54) is 19.1 Å². The van der Waals surface area contributed by atoms with Gasteiger partial charge in [0, 0.05) is 25.7 Å². The second-order valence-corrected chi connectivity index (χ2v) is 7.70. The summed E-state index contributed by atoms with van der Waals surface area (Å²) < 4.78 is 44.1. The maximum atomic E-state index is 12.8. The monoisotopic (exact) mass is 444 g/mol. The number of carbonyl (C=O) groups is 1. The smallest absolute Gasteiger partial charge is 0.378 e. The van der Waals surface area contributed by atoms with Gasteiger partial charge in [0.05, 0.1) is 36.7 Å². The lowest BCUT2D eigenvalue weighted by atomic mass is 10.1. The van der Waals surface area contributed by atoms with Crippen LogP contribution in [0.4, 0.5) is 18.9 Å². The van der Waals surface area contributed by atoms with Gasteiger partial charge in [0.25, 0.3) is 0 Å². The Kier molecular flexibility index (Phi) is 6.29. The van der Waals surface area contributed by atoms with E-state index in [1.54, 1.807) is 6.20 Å². The van der Waals surface area contributed by atoms with Crippen LogP contribution in [0.25, 0.3) is 11.3 Å². The number of morpholine rings is 1. The average Bonchev–Trinajstić information content (AvgIpc) is 3.25. The second kappa shape index (κ2) is 9.13. The number of rotatable bonds is 5. The van der Waals surface area contributed by atoms with Crippen LogP contribution >= 0.6 is 0 Å². The number of halogens is 3. The number of ether oxygens (including phenoxy) is 1. The second-order valence-electron chi connectivity index (χ2n) is 7.70. The van der Waals surface area contributed by atoms with Crippen molar-refractivity contribution in [1.82, 2.24) is 14.9 Å². The van der Waals surface area contributed by atoms with E-state index >= 15 is 0 Å². The standard InChI is InChI=1S/C23H23F3N4O2/c1-15(31)28-19-8-2-16(3-9-19)13-30-10-11-32-14-21(30)22-27-12-20(29-22)17-4-6-18(7-5-17)23(24,25)26/h2-9,12,21H,10-11,13-14H2,1H3,(H,27,29)(H,28,31). The minimum atomic E-state index is -4.36. The van der Waals surface area contributed by atoms with Crippen molar-refractivity contribution in [2.75, 3.05) is 25.1 Å². The fourth-order valence-corrected chi connectivity index (χ4v) is 3.70. The number of imidazole rings is 1. The number of nitrogens with zero attached hydrogens (tertiary/aromatic N) is 2. The van der Waals surface area contributed by atoms with E-state index < -0.39 is 11.7 Å². The molecule has 6 nitrogen and oxygen atoms in total. The molecule has 1 unspecified atom stereocenters. The molecule has 0 aliphatic carbocycles. The van der Waals surface area contributed by atoms with Gasteiger partial charge in [-0.2, -0.15) is 13.2 Å². The molecular formula is C23H23F3N4O2.